The maximum absolute atomic E-state index is 14.0. The minimum absolute atomic E-state index is 0.233. The SMILES string of the molecule is Cc1cccc2c1NC(C(=O)N1CCN3NCNC3C1)(C1CCCCC1)C2. The Hall–Kier alpha value is -1.63. The maximum Gasteiger partial charge on any atom is 0.249 e. The molecule has 146 valence electrons. The molecule has 1 amide bonds. The number of aryl methyl sites for hydroxylation is 1. The molecule has 1 aliphatic carbocycles. The molecule has 3 heterocycles. The zero-order valence-electron chi connectivity index (χ0n) is 16.3. The number of hydrogen-bond acceptors (Lipinski definition) is 5. The van der Waals surface area contributed by atoms with E-state index in [9.17, 15) is 4.79 Å². The van der Waals surface area contributed by atoms with E-state index < -0.39 is 5.54 Å². The lowest BCUT2D eigenvalue weighted by Crippen LogP contribution is -2.64. The van der Waals surface area contributed by atoms with Crippen molar-refractivity contribution in [2.45, 2.75) is 57.2 Å². The third kappa shape index (κ3) is 2.85. The Morgan fingerprint density at radius 1 is 1.19 bits per heavy atom. The number of nitrogens with zero attached hydrogens (tertiary/aromatic N) is 2. The summed E-state index contributed by atoms with van der Waals surface area (Å²) in [4.78, 5) is 16.1. The van der Waals surface area contributed by atoms with Crippen LogP contribution in [0, 0.1) is 12.8 Å². The first-order valence-electron chi connectivity index (χ1n) is 10.6. The zero-order valence-corrected chi connectivity index (χ0v) is 16.3. The van der Waals surface area contributed by atoms with Gasteiger partial charge in [-0.25, -0.2) is 10.4 Å². The molecule has 4 aliphatic rings. The van der Waals surface area contributed by atoms with Crippen molar-refractivity contribution < 1.29 is 4.79 Å². The van der Waals surface area contributed by atoms with E-state index in [1.807, 2.05) is 0 Å². The molecular formula is C21H31N5O. The lowest BCUT2D eigenvalue weighted by atomic mass is 9.72. The number of rotatable bonds is 2. The fraction of sp³-hybridized carbons (Fsp3) is 0.667. The number of fused-ring (bicyclic) bond motifs is 2. The highest BCUT2D eigenvalue weighted by Gasteiger charge is 2.52. The monoisotopic (exact) mass is 369 g/mol. The Morgan fingerprint density at radius 3 is 2.85 bits per heavy atom. The Morgan fingerprint density at radius 2 is 2.04 bits per heavy atom. The van der Waals surface area contributed by atoms with Crippen molar-refractivity contribution in [2.24, 2.45) is 5.92 Å². The van der Waals surface area contributed by atoms with E-state index in [0.29, 0.717) is 11.8 Å². The minimum atomic E-state index is -0.455. The molecule has 3 fully saturated rings. The second-order valence-electron chi connectivity index (χ2n) is 8.72. The van der Waals surface area contributed by atoms with Crippen LogP contribution >= 0.6 is 0 Å². The van der Waals surface area contributed by atoms with Crippen LogP contribution in [0.1, 0.15) is 43.2 Å². The van der Waals surface area contributed by atoms with Gasteiger partial charge in [-0.1, -0.05) is 37.5 Å². The van der Waals surface area contributed by atoms with Gasteiger partial charge in [0, 0.05) is 25.2 Å². The van der Waals surface area contributed by atoms with Gasteiger partial charge < -0.3 is 10.2 Å². The van der Waals surface area contributed by atoms with Crippen LogP contribution < -0.4 is 16.1 Å². The number of hydrogen-bond donors (Lipinski definition) is 3. The molecule has 0 bridgehead atoms. The highest BCUT2D eigenvalue weighted by atomic mass is 16.2. The number of piperazine rings is 1. The fourth-order valence-corrected chi connectivity index (χ4v) is 5.65. The Labute approximate surface area is 161 Å². The van der Waals surface area contributed by atoms with Gasteiger partial charge in [-0.3, -0.25) is 10.1 Å². The lowest BCUT2D eigenvalue weighted by molar-refractivity contribution is -0.141. The summed E-state index contributed by atoms with van der Waals surface area (Å²) in [5, 5.41) is 9.49. The van der Waals surface area contributed by atoms with Gasteiger partial charge in [-0.05, 0) is 36.8 Å². The molecule has 0 spiro atoms. The normalized spacial score (nSPS) is 31.4. The quantitative estimate of drug-likeness (QED) is 0.742. The average Bonchev–Trinajstić information content (AvgIpc) is 3.33. The van der Waals surface area contributed by atoms with E-state index in [4.69, 9.17) is 0 Å². The van der Waals surface area contributed by atoms with Crippen molar-refractivity contribution in [2.75, 3.05) is 31.6 Å². The highest BCUT2D eigenvalue weighted by Crippen LogP contribution is 2.45. The molecule has 1 aromatic rings. The van der Waals surface area contributed by atoms with Crippen LogP contribution in [-0.4, -0.2) is 53.8 Å². The molecule has 3 N–H and O–H groups in total. The minimum Gasteiger partial charge on any atom is -0.370 e. The van der Waals surface area contributed by atoms with Crippen LogP contribution in [0.3, 0.4) is 0 Å². The summed E-state index contributed by atoms with van der Waals surface area (Å²) in [5.74, 6) is 0.747. The van der Waals surface area contributed by atoms with Gasteiger partial charge >= 0.3 is 0 Å². The number of hydrazine groups is 1. The van der Waals surface area contributed by atoms with E-state index in [1.165, 1.54) is 36.1 Å². The maximum atomic E-state index is 14.0. The van der Waals surface area contributed by atoms with Crippen LogP contribution in [-0.2, 0) is 11.2 Å². The van der Waals surface area contributed by atoms with E-state index in [1.54, 1.807) is 0 Å². The molecule has 2 unspecified atom stereocenters. The Kier molecular flexibility index (Phi) is 4.37. The van der Waals surface area contributed by atoms with Gasteiger partial charge in [0.15, 0.2) is 0 Å². The van der Waals surface area contributed by atoms with E-state index in [0.717, 1.165) is 45.6 Å². The molecule has 0 aromatic heterocycles. The molecule has 0 radical (unpaired) electrons. The predicted octanol–water partition coefficient (Wildman–Crippen LogP) is 1.82. The molecule has 3 aliphatic heterocycles. The smallest absolute Gasteiger partial charge is 0.249 e. The number of carbonyl (C=O) groups excluding carboxylic acids is 1. The first-order chi connectivity index (χ1) is 13.2. The lowest BCUT2D eigenvalue weighted by Gasteiger charge is -2.45. The third-order valence-corrected chi connectivity index (χ3v) is 7.15. The van der Waals surface area contributed by atoms with Crippen LogP contribution in [0.4, 0.5) is 5.69 Å². The van der Waals surface area contributed by atoms with Gasteiger partial charge in [0.25, 0.3) is 0 Å². The first-order valence-corrected chi connectivity index (χ1v) is 10.6. The standard InChI is InChI=1S/C21H31N5O/c1-15-6-5-7-16-12-21(24-19(15)16,17-8-3-2-4-9-17)20(27)25-10-11-26-18(13-25)22-14-23-26/h5-7,17-18,22-24H,2-4,8-14H2,1H3. The average molecular weight is 370 g/mol. The highest BCUT2D eigenvalue weighted by molar-refractivity contribution is 5.93. The van der Waals surface area contributed by atoms with Gasteiger partial charge in [0.05, 0.1) is 19.4 Å². The summed E-state index contributed by atoms with van der Waals surface area (Å²) in [6.45, 7) is 5.40. The van der Waals surface area contributed by atoms with E-state index in [2.05, 4.69) is 51.1 Å². The Bertz CT molecular complexity index is 731. The number of carbonyl (C=O) groups is 1. The van der Waals surface area contributed by atoms with Gasteiger partial charge in [0.2, 0.25) is 5.91 Å². The second kappa shape index (κ2) is 6.76. The molecule has 1 saturated carbocycles. The predicted molar refractivity (Wildman–Crippen MR) is 106 cm³/mol. The van der Waals surface area contributed by atoms with E-state index >= 15 is 0 Å². The summed E-state index contributed by atoms with van der Waals surface area (Å²) in [6, 6.07) is 6.48. The number of anilines is 1. The summed E-state index contributed by atoms with van der Waals surface area (Å²) in [7, 11) is 0. The molecule has 5 rings (SSSR count). The van der Waals surface area contributed by atoms with Crippen molar-refractivity contribution in [3.8, 4) is 0 Å². The largest absolute Gasteiger partial charge is 0.370 e. The summed E-state index contributed by atoms with van der Waals surface area (Å²) < 4.78 is 0. The summed E-state index contributed by atoms with van der Waals surface area (Å²) in [6.07, 6.45) is 7.20. The van der Waals surface area contributed by atoms with Gasteiger partial charge in [0.1, 0.15) is 5.54 Å². The van der Waals surface area contributed by atoms with Crippen LogP contribution in [0.25, 0.3) is 0 Å². The van der Waals surface area contributed by atoms with E-state index in [-0.39, 0.29) is 6.17 Å². The second-order valence-corrected chi connectivity index (χ2v) is 8.72. The van der Waals surface area contributed by atoms with Crippen LogP contribution in [0.2, 0.25) is 0 Å². The van der Waals surface area contributed by atoms with Crippen molar-refractivity contribution in [1.82, 2.24) is 20.7 Å². The Balaban J connectivity index is 1.46. The molecular weight excluding hydrogens is 338 g/mol. The topological polar surface area (TPSA) is 59.6 Å². The zero-order chi connectivity index (χ0) is 18.4. The summed E-state index contributed by atoms with van der Waals surface area (Å²) >= 11 is 0. The number of nitrogens with one attached hydrogen (secondary N) is 3. The number of benzene rings is 1. The van der Waals surface area contributed by atoms with Gasteiger partial charge in [-0.15, -0.1) is 0 Å². The molecule has 1 aromatic carbocycles. The number of para-hydroxylation sites is 1. The van der Waals surface area contributed by atoms with Crippen LogP contribution in [0.15, 0.2) is 18.2 Å². The van der Waals surface area contributed by atoms with Crippen LogP contribution in [0.5, 0.6) is 0 Å². The molecule has 2 saturated heterocycles. The van der Waals surface area contributed by atoms with Crippen molar-refractivity contribution in [3.05, 3.63) is 29.3 Å². The first kappa shape index (κ1) is 17.5. The van der Waals surface area contributed by atoms with Gasteiger partial charge in [-0.2, -0.15) is 0 Å². The molecule has 2 atom stereocenters. The molecule has 27 heavy (non-hydrogen) atoms. The summed E-state index contributed by atoms with van der Waals surface area (Å²) in [5.41, 5.74) is 6.67. The van der Waals surface area contributed by atoms with Crippen molar-refractivity contribution in [1.29, 1.82) is 0 Å². The van der Waals surface area contributed by atoms with Crippen molar-refractivity contribution in [3.63, 3.8) is 0 Å². The molecule has 6 nitrogen and oxygen atoms in total. The molecule has 6 heteroatoms. The van der Waals surface area contributed by atoms with Crippen molar-refractivity contribution >= 4 is 11.6 Å². The fourth-order valence-electron chi connectivity index (χ4n) is 5.65. The number of amides is 1. The third-order valence-electron chi connectivity index (χ3n) is 7.15.